The van der Waals surface area contributed by atoms with Crippen molar-refractivity contribution in [1.82, 2.24) is 14.8 Å². The molecule has 2 aromatic rings. The predicted molar refractivity (Wildman–Crippen MR) is 62.9 cm³/mol. The van der Waals surface area contributed by atoms with Crippen LogP contribution in [0.4, 0.5) is 0 Å². The highest BCUT2D eigenvalue weighted by Gasteiger charge is 2.11. The van der Waals surface area contributed by atoms with Crippen molar-refractivity contribution in [2.24, 2.45) is 7.05 Å². The number of rotatable bonds is 3. The van der Waals surface area contributed by atoms with Crippen LogP contribution in [0.2, 0.25) is 0 Å². The van der Waals surface area contributed by atoms with Crippen LogP contribution in [0, 0.1) is 13.8 Å². The third-order valence-electron chi connectivity index (χ3n) is 2.61. The average molecular weight is 233 g/mol. The lowest BCUT2D eigenvalue weighted by Gasteiger charge is -2.06. The molecule has 0 aliphatic heterocycles. The average Bonchev–Trinajstić information content (AvgIpc) is 2.56. The number of aliphatic hydroxyl groups excluding tert-OH is 1. The van der Waals surface area contributed by atoms with Gasteiger partial charge in [0.1, 0.15) is 11.4 Å². The molecule has 0 saturated heterocycles. The molecule has 17 heavy (non-hydrogen) atoms. The minimum atomic E-state index is -0.0950. The lowest BCUT2D eigenvalue weighted by atomic mass is 10.3. The molecule has 5 heteroatoms. The van der Waals surface area contributed by atoms with Gasteiger partial charge in [-0.1, -0.05) is 0 Å². The molecular formula is C12H15N3O2. The number of pyridine rings is 1. The van der Waals surface area contributed by atoms with E-state index in [1.54, 1.807) is 23.0 Å². The maximum Gasteiger partial charge on any atom is 0.171 e. The molecule has 0 radical (unpaired) electrons. The molecule has 0 aliphatic carbocycles. The highest BCUT2D eigenvalue weighted by Crippen LogP contribution is 2.27. The molecule has 0 spiro atoms. The van der Waals surface area contributed by atoms with Crippen molar-refractivity contribution in [3.05, 3.63) is 35.4 Å². The largest absolute Gasteiger partial charge is 0.453 e. The lowest BCUT2D eigenvalue weighted by Crippen LogP contribution is -1.94. The van der Waals surface area contributed by atoms with Gasteiger partial charge in [-0.3, -0.25) is 9.67 Å². The van der Waals surface area contributed by atoms with Crippen LogP contribution in [-0.4, -0.2) is 19.9 Å². The van der Waals surface area contributed by atoms with Gasteiger partial charge in [0.25, 0.3) is 0 Å². The maximum atomic E-state index is 9.01. The second-order valence-electron chi connectivity index (χ2n) is 3.87. The van der Waals surface area contributed by atoms with Crippen LogP contribution in [-0.2, 0) is 13.7 Å². The SMILES string of the molecule is Cc1nn(C)c(C)c1Oc1ccnc(CO)c1. The third kappa shape index (κ3) is 2.29. The normalized spacial score (nSPS) is 10.6. The number of aliphatic hydroxyl groups is 1. The second-order valence-corrected chi connectivity index (χ2v) is 3.87. The molecule has 0 fully saturated rings. The Balaban J connectivity index is 2.31. The summed E-state index contributed by atoms with van der Waals surface area (Å²) in [6.07, 6.45) is 1.61. The quantitative estimate of drug-likeness (QED) is 0.876. The van der Waals surface area contributed by atoms with Gasteiger partial charge in [0.15, 0.2) is 5.75 Å². The van der Waals surface area contributed by atoms with Crippen molar-refractivity contribution in [2.45, 2.75) is 20.5 Å². The van der Waals surface area contributed by atoms with Gasteiger partial charge in [0, 0.05) is 19.3 Å². The van der Waals surface area contributed by atoms with Gasteiger partial charge in [-0.15, -0.1) is 0 Å². The van der Waals surface area contributed by atoms with Crippen LogP contribution in [0.1, 0.15) is 17.1 Å². The molecule has 5 nitrogen and oxygen atoms in total. The van der Waals surface area contributed by atoms with E-state index in [2.05, 4.69) is 10.1 Å². The molecule has 0 bridgehead atoms. The van der Waals surface area contributed by atoms with Gasteiger partial charge in [-0.05, 0) is 19.9 Å². The Morgan fingerprint density at radius 1 is 1.41 bits per heavy atom. The molecular weight excluding hydrogens is 218 g/mol. The molecule has 90 valence electrons. The Morgan fingerprint density at radius 3 is 2.76 bits per heavy atom. The maximum absolute atomic E-state index is 9.01. The Labute approximate surface area is 99.7 Å². The van der Waals surface area contributed by atoms with Gasteiger partial charge in [-0.25, -0.2) is 0 Å². The van der Waals surface area contributed by atoms with Crippen LogP contribution in [0.15, 0.2) is 18.3 Å². The summed E-state index contributed by atoms with van der Waals surface area (Å²) < 4.78 is 7.55. The van der Waals surface area contributed by atoms with Crippen molar-refractivity contribution < 1.29 is 9.84 Å². The molecule has 2 aromatic heterocycles. The van der Waals surface area contributed by atoms with Crippen molar-refractivity contribution in [1.29, 1.82) is 0 Å². The van der Waals surface area contributed by atoms with E-state index in [0.717, 1.165) is 17.1 Å². The van der Waals surface area contributed by atoms with E-state index < -0.39 is 0 Å². The van der Waals surface area contributed by atoms with Crippen LogP contribution in [0.5, 0.6) is 11.5 Å². The summed E-state index contributed by atoms with van der Waals surface area (Å²) in [5, 5.41) is 13.3. The Bertz CT molecular complexity index is 535. The fraction of sp³-hybridized carbons (Fsp3) is 0.333. The van der Waals surface area contributed by atoms with Crippen LogP contribution < -0.4 is 4.74 Å². The smallest absolute Gasteiger partial charge is 0.171 e. The van der Waals surface area contributed by atoms with Gasteiger partial charge in [0.05, 0.1) is 18.0 Å². The molecule has 0 unspecified atom stereocenters. The molecule has 0 saturated carbocycles. The standard InChI is InChI=1S/C12H15N3O2/c1-8-12(9(2)15(3)14-8)17-11-4-5-13-10(6-11)7-16/h4-6,16H,7H2,1-3H3. The molecule has 0 aliphatic rings. The van der Waals surface area contributed by atoms with E-state index in [0.29, 0.717) is 11.4 Å². The van der Waals surface area contributed by atoms with E-state index >= 15 is 0 Å². The van der Waals surface area contributed by atoms with E-state index in [1.807, 2.05) is 20.9 Å². The number of hydrogen-bond acceptors (Lipinski definition) is 4. The van der Waals surface area contributed by atoms with Crippen LogP contribution in [0.3, 0.4) is 0 Å². The molecule has 0 aromatic carbocycles. The first-order chi connectivity index (χ1) is 8.11. The molecule has 0 amide bonds. The Hall–Kier alpha value is -1.88. The van der Waals surface area contributed by atoms with Crippen molar-refractivity contribution in [2.75, 3.05) is 0 Å². The Morgan fingerprint density at radius 2 is 2.18 bits per heavy atom. The summed E-state index contributed by atoms with van der Waals surface area (Å²) >= 11 is 0. The number of ether oxygens (including phenoxy) is 1. The third-order valence-corrected chi connectivity index (χ3v) is 2.61. The van der Waals surface area contributed by atoms with Crippen molar-refractivity contribution in [3.63, 3.8) is 0 Å². The zero-order valence-corrected chi connectivity index (χ0v) is 10.1. The predicted octanol–water partition coefficient (Wildman–Crippen LogP) is 1.72. The summed E-state index contributed by atoms with van der Waals surface area (Å²) in [6.45, 7) is 3.75. The first-order valence-electron chi connectivity index (χ1n) is 5.35. The zero-order chi connectivity index (χ0) is 12.4. The molecule has 2 rings (SSSR count). The summed E-state index contributed by atoms with van der Waals surface area (Å²) in [4.78, 5) is 4.00. The number of hydrogen-bond donors (Lipinski definition) is 1. The lowest BCUT2D eigenvalue weighted by molar-refractivity contribution is 0.276. The summed E-state index contributed by atoms with van der Waals surface area (Å²) in [6, 6.07) is 3.47. The number of nitrogens with zero attached hydrogens (tertiary/aromatic N) is 3. The van der Waals surface area contributed by atoms with E-state index in [1.165, 1.54) is 0 Å². The fourth-order valence-electron chi connectivity index (χ4n) is 1.63. The van der Waals surface area contributed by atoms with Gasteiger partial charge >= 0.3 is 0 Å². The minimum Gasteiger partial charge on any atom is -0.453 e. The van der Waals surface area contributed by atoms with Crippen molar-refractivity contribution in [3.8, 4) is 11.5 Å². The minimum absolute atomic E-state index is 0.0950. The first kappa shape index (κ1) is 11.6. The topological polar surface area (TPSA) is 60.2 Å². The summed E-state index contributed by atoms with van der Waals surface area (Å²) in [5.74, 6) is 1.41. The fourth-order valence-corrected chi connectivity index (χ4v) is 1.63. The van der Waals surface area contributed by atoms with Crippen LogP contribution in [0.25, 0.3) is 0 Å². The highest BCUT2D eigenvalue weighted by atomic mass is 16.5. The first-order valence-corrected chi connectivity index (χ1v) is 5.35. The van der Waals surface area contributed by atoms with Crippen LogP contribution >= 0.6 is 0 Å². The monoisotopic (exact) mass is 233 g/mol. The van der Waals surface area contributed by atoms with Gasteiger partial charge < -0.3 is 9.84 Å². The summed E-state index contributed by atoms with van der Waals surface area (Å²) in [5.41, 5.74) is 2.39. The molecule has 0 atom stereocenters. The summed E-state index contributed by atoms with van der Waals surface area (Å²) in [7, 11) is 1.88. The second kappa shape index (κ2) is 4.55. The van der Waals surface area contributed by atoms with E-state index in [4.69, 9.17) is 9.84 Å². The van der Waals surface area contributed by atoms with Crippen molar-refractivity contribution >= 4 is 0 Å². The van der Waals surface area contributed by atoms with E-state index in [9.17, 15) is 0 Å². The number of aryl methyl sites for hydroxylation is 2. The highest BCUT2D eigenvalue weighted by molar-refractivity contribution is 5.37. The molecule has 2 heterocycles. The molecule has 1 N–H and O–H groups in total. The van der Waals surface area contributed by atoms with Gasteiger partial charge in [0.2, 0.25) is 0 Å². The van der Waals surface area contributed by atoms with E-state index in [-0.39, 0.29) is 6.61 Å². The van der Waals surface area contributed by atoms with Gasteiger partial charge in [-0.2, -0.15) is 5.10 Å². The number of aromatic nitrogens is 3. The Kier molecular flexibility index (Phi) is 3.10. The zero-order valence-electron chi connectivity index (χ0n) is 10.1.